The molecule has 4 heteroatoms. The van der Waals surface area contributed by atoms with Crippen LogP contribution in [0.25, 0.3) is 0 Å². The highest BCUT2D eigenvalue weighted by Gasteiger charge is 2.26. The van der Waals surface area contributed by atoms with Crippen molar-refractivity contribution in [1.29, 1.82) is 0 Å². The molecule has 2 unspecified atom stereocenters. The largest absolute Gasteiger partial charge is 0.465 e. The molecule has 0 aromatic heterocycles. The van der Waals surface area contributed by atoms with Crippen LogP contribution in [0.3, 0.4) is 0 Å². The molecule has 2 rings (SSSR count). The standard InChI is InChI=1S/C12H15NO3/c1-15-12(14)9-4-2-3-8(5-9)10-6-16-7-11(10)13/h2-5,10-11H,6-7,13H2,1H3. The van der Waals surface area contributed by atoms with Crippen molar-refractivity contribution in [3.05, 3.63) is 35.4 Å². The van der Waals surface area contributed by atoms with E-state index >= 15 is 0 Å². The summed E-state index contributed by atoms with van der Waals surface area (Å²) in [6.45, 7) is 1.19. The number of methoxy groups -OCH3 is 1. The summed E-state index contributed by atoms with van der Waals surface area (Å²) in [5.41, 5.74) is 7.52. The summed E-state index contributed by atoms with van der Waals surface area (Å²) in [4.78, 5) is 11.4. The smallest absolute Gasteiger partial charge is 0.337 e. The van der Waals surface area contributed by atoms with Gasteiger partial charge in [-0.1, -0.05) is 12.1 Å². The predicted molar refractivity (Wildman–Crippen MR) is 59.3 cm³/mol. The maximum absolute atomic E-state index is 11.4. The van der Waals surface area contributed by atoms with Crippen molar-refractivity contribution in [2.75, 3.05) is 20.3 Å². The highest BCUT2D eigenvalue weighted by atomic mass is 16.5. The van der Waals surface area contributed by atoms with Gasteiger partial charge >= 0.3 is 5.97 Å². The van der Waals surface area contributed by atoms with Gasteiger partial charge in [0.15, 0.2) is 0 Å². The van der Waals surface area contributed by atoms with Gasteiger partial charge in [-0.25, -0.2) is 4.79 Å². The first-order valence-electron chi connectivity index (χ1n) is 5.24. The first kappa shape index (κ1) is 11.1. The van der Waals surface area contributed by atoms with E-state index in [0.29, 0.717) is 18.8 Å². The number of carbonyl (C=O) groups excluding carboxylic acids is 1. The summed E-state index contributed by atoms with van der Waals surface area (Å²) in [6.07, 6.45) is 0. The summed E-state index contributed by atoms with van der Waals surface area (Å²) in [5, 5.41) is 0. The molecule has 0 spiro atoms. The predicted octanol–water partition coefficient (Wildman–Crippen LogP) is 0.914. The molecular formula is C12H15NO3. The topological polar surface area (TPSA) is 61.5 Å². The molecule has 0 amide bonds. The first-order chi connectivity index (χ1) is 7.72. The van der Waals surface area contributed by atoms with Gasteiger partial charge in [0.25, 0.3) is 0 Å². The lowest BCUT2D eigenvalue weighted by atomic mass is 9.94. The van der Waals surface area contributed by atoms with Crippen LogP contribution in [0, 0.1) is 0 Å². The number of hydrogen-bond acceptors (Lipinski definition) is 4. The van der Waals surface area contributed by atoms with Crippen LogP contribution >= 0.6 is 0 Å². The summed E-state index contributed by atoms with van der Waals surface area (Å²) in [6, 6.07) is 7.37. The summed E-state index contributed by atoms with van der Waals surface area (Å²) in [7, 11) is 1.37. The zero-order valence-electron chi connectivity index (χ0n) is 9.18. The third kappa shape index (κ3) is 2.08. The molecule has 0 bridgehead atoms. The molecule has 2 N–H and O–H groups in total. The molecule has 1 heterocycles. The fourth-order valence-corrected chi connectivity index (χ4v) is 1.93. The minimum Gasteiger partial charge on any atom is -0.465 e. The SMILES string of the molecule is COC(=O)c1cccc(C2COCC2N)c1. The minimum atomic E-state index is -0.325. The second kappa shape index (κ2) is 4.63. The normalized spacial score (nSPS) is 24.4. The monoisotopic (exact) mass is 221 g/mol. The Bertz CT molecular complexity index is 392. The summed E-state index contributed by atoms with van der Waals surface area (Å²) < 4.78 is 9.99. The molecule has 1 aromatic rings. The van der Waals surface area contributed by atoms with Crippen LogP contribution in [0.1, 0.15) is 21.8 Å². The van der Waals surface area contributed by atoms with E-state index in [1.165, 1.54) is 7.11 Å². The van der Waals surface area contributed by atoms with Crippen LogP contribution in [-0.2, 0) is 9.47 Å². The van der Waals surface area contributed by atoms with Crippen LogP contribution in [0.2, 0.25) is 0 Å². The van der Waals surface area contributed by atoms with Gasteiger partial charge in [-0.15, -0.1) is 0 Å². The fraction of sp³-hybridized carbons (Fsp3) is 0.417. The molecule has 86 valence electrons. The average molecular weight is 221 g/mol. The number of rotatable bonds is 2. The molecule has 0 aliphatic carbocycles. The molecule has 0 saturated carbocycles. The maximum atomic E-state index is 11.4. The molecule has 4 nitrogen and oxygen atoms in total. The van der Waals surface area contributed by atoms with Crippen molar-refractivity contribution in [1.82, 2.24) is 0 Å². The van der Waals surface area contributed by atoms with E-state index in [1.54, 1.807) is 6.07 Å². The molecular weight excluding hydrogens is 206 g/mol. The first-order valence-corrected chi connectivity index (χ1v) is 5.24. The number of carbonyl (C=O) groups is 1. The van der Waals surface area contributed by atoms with Crippen LogP contribution in [0.15, 0.2) is 24.3 Å². The van der Waals surface area contributed by atoms with E-state index < -0.39 is 0 Å². The average Bonchev–Trinajstić information content (AvgIpc) is 2.74. The van der Waals surface area contributed by atoms with E-state index in [9.17, 15) is 4.79 Å². The Morgan fingerprint density at radius 2 is 2.31 bits per heavy atom. The number of nitrogens with two attached hydrogens (primary N) is 1. The van der Waals surface area contributed by atoms with Crippen molar-refractivity contribution in [2.45, 2.75) is 12.0 Å². The Labute approximate surface area is 94.3 Å². The molecule has 2 atom stereocenters. The lowest BCUT2D eigenvalue weighted by molar-refractivity contribution is 0.0600. The molecule has 1 fully saturated rings. The zero-order valence-corrected chi connectivity index (χ0v) is 9.18. The second-order valence-corrected chi connectivity index (χ2v) is 3.92. The van der Waals surface area contributed by atoms with Crippen molar-refractivity contribution in [3.8, 4) is 0 Å². The minimum absolute atomic E-state index is 0.00731. The van der Waals surface area contributed by atoms with E-state index in [0.717, 1.165) is 5.56 Å². The van der Waals surface area contributed by atoms with Gasteiger partial charge in [0.05, 0.1) is 25.9 Å². The Hall–Kier alpha value is -1.39. The van der Waals surface area contributed by atoms with Crippen molar-refractivity contribution < 1.29 is 14.3 Å². The quantitative estimate of drug-likeness (QED) is 0.754. The molecule has 16 heavy (non-hydrogen) atoms. The Morgan fingerprint density at radius 3 is 2.94 bits per heavy atom. The Balaban J connectivity index is 2.25. The lowest BCUT2D eigenvalue weighted by Crippen LogP contribution is -2.26. The molecule has 0 radical (unpaired) electrons. The van der Waals surface area contributed by atoms with Gasteiger partial charge in [0.2, 0.25) is 0 Å². The van der Waals surface area contributed by atoms with Crippen LogP contribution in [0.5, 0.6) is 0 Å². The summed E-state index contributed by atoms with van der Waals surface area (Å²) >= 11 is 0. The number of hydrogen-bond donors (Lipinski definition) is 1. The third-order valence-electron chi connectivity index (χ3n) is 2.86. The van der Waals surface area contributed by atoms with Crippen LogP contribution in [0.4, 0.5) is 0 Å². The van der Waals surface area contributed by atoms with Gasteiger partial charge < -0.3 is 15.2 Å². The van der Waals surface area contributed by atoms with Crippen molar-refractivity contribution in [2.24, 2.45) is 5.73 Å². The molecule has 1 aliphatic heterocycles. The van der Waals surface area contributed by atoms with E-state index in [2.05, 4.69) is 4.74 Å². The third-order valence-corrected chi connectivity index (χ3v) is 2.86. The van der Waals surface area contributed by atoms with E-state index in [-0.39, 0.29) is 17.9 Å². The second-order valence-electron chi connectivity index (χ2n) is 3.92. The highest BCUT2D eigenvalue weighted by molar-refractivity contribution is 5.89. The van der Waals surface area contributed by atoms with Crippen molar-refractivity contribution >= 4 is 5.97 Å². The number of ether oxygens (including phenoxy) is 2. The van der Waals surface area contributed by atoms with E-state index in [1.807, 2.05) is 18.2 Å². The van der Waals surface area contributed by atoms with Gasteiger partial charge in [-0.2, -0.15) is 0 Å². The number of esters is 1. The van der Waals surface area contributed by atoms with Gasteiger partial charge in [-0.05, 0) is 17.7 Å². The zero-order chi connectivity index (χ0) is 11.5. The Kier molecular flexibility index (Phi) is 3.22. The molecule has 1 aromatic carbocycles. The van der Waals surface area contributed by atoms with Gasteiger partial charge in [0, 0.05) is 12.0 Å². The Morgan fingerprint density at radius 1 is 1.50 bits per heavy atom. The lowest BCUT2D eigenvalue weighted by Gasteiger charge is -2.14. The van der Waals surface area contributed by atoms with E-state index in [4.69, 9.17) is 10.5 Å². The van der Waals surface area contributed by atoms with Gasteiger partial charge in [-0.3, -0.25) is 0 Å². The summed E-state index contributed by atoms with van der Waals surface area (Å²) in [5.74, 6) is -0.154. The highest BCUT2D eigenvalue weighted by Crippen LogP contribution is 2.25. The van der Waals surface area contributed by atoms with Crippen LogP contribution in [-0.4, -0.2) is 32.3 Å². The molecule has 1 saturated heterocycles. The van der Waals surface area contributed by atoms with Crippen molar-refractivity contribution in [3.63, 3.8) is 0 Å². The number of benzene rings is 1. The van der Waals surface area contributed by atoms with Gasteiger partial charge in [0.1, 0.15) is 0 Å². The molecule has 1 aliphatic rings. The maximum Gasteiger partial charge on any atom is 0.337 e. The van der Waals surface area contributed by atoms with Crippen LogP contribution < -0.4 is 5.73 Å². The fourth-order valence-electron chi connectivity index (χ4n) is 1.93.